The van der Waals surface area contributed by atoms with Gasteiger partial charge in [-0.15, -0.1) is 11.3 Å². The predicted molar refractivity (Wildman–Crippen MR) is 97.5 cm³/mol. The maximum absolute atomic E-state index is 12.8. The van der Waals surface area contributed by atoms with Crippen molar-refractivity contribution in [1.29, 1.82) is 0 Å². The third kappa shape index (κ3) is 3.66. The first-order valence-electron chi connectivity index (χ1n) is 9.06. The number of amides is 2. The van der Waals surface area contributed by atoms with Gasteiger partial charge in [0.25, 0.3) is 5.91 Å². The maximum Gasteiger partial charge on any atom is 0.264 e. The van der Waals surface area contributed by atoms with Crippen LogP contribution in [0.15, 0.2) is 6.07 Å². The normalized spacial score (nSPS) is 19.0. The van der Waals surface area contributed by atoms with Crippen LogP contribution in [0.5, 0.6) is 0 Å². The monoisotopic (exact) mass is 348 g/mol. The third-order valence-corrected chi connectivity index (χ3v) is 6.18. The van der Waals surface area contributed by atoms with Gasteiger partial charge in [-0.2, -0.15) is 0 Å². The summed E-state index contributed by atoms with van der Waals surface area (Å²) in [5.41, 5.74) is 1.04. The molecule has 2 amide bonds. The second-order valence-electron chi connectivity index (χ2n) is 7.95. The van der Waals surface area contributed by atoms with Crippen molar-refractivity contribution in [2.24, 2.45) is 5.41 Å². The van der Waals surface area contributed by atoms with Crippen LogP contribution in [-0.4, -0.2) is 47.8 Å². The minimum Gasteiger partial charge on any atom is -0.339 e. The van der Waals surface area contributed by atoms with Crippen LogP contribution >= 0.6 is 11.3 Å². The molecule has 0 saturated carbocycles. The van der Waals surface area contributed by atoms with E-state index in [1.54, 1.807) is 11.3 Å². The summed E-state index contributed by atoms with van der Waals surface area (Å²) in [4.78, 5) is 31.3. The van der Waals surface area contributed by atoms with Crippen molar-refractivity contribution in [1.82, 2.24) is 9.80 Å². The molecule has 1 aromatic rings. The fourth-order valence-corrected chi connectivity index (χ4v) is 4.74. The molecule has 0 unspecified atom stereocenters. The summed E-state index contributed by atoms with van der Waals surface area (Å²) >= 11 is 1.69. The molecule has 132 valence electrons. The fraction of sp³-hybridized carbons (Fsp3) is 0.684. The zero-order chi connectivity index (χ0) is 17.3. The lowest BCUT2D eigenvalue weighted by Gasteiger charge is -2.37. The molecule has 3 rings (SSSR count). The molecule has 4 nitrogen and oxygen atoms in total. The van der Waals surface area contributed by atoms with Gasteiger partial charge in [-0.3, -0.25) is 9.59 Å². The summed E-state index contributed by atoms with van der Waals surface area (Å²) in [6.07, 6.45) is 6.03. The first-order valence-corrected chi connectivity index (χ1v) is 9.88. The van der Waals surface area contributed by atoms with Crippen molar-refractivity contribution in [2.75, 3.05) is 26.2 Å². The number of rotatable bonds is 1. The van der Waals surface area contributed by atoms with E-state index >= 15 is 0 Å². The number of nitrogens with zero attached hydrogens (tertiary/aromatic N) is 2. The predicted octanol–water partition coefficient (Wildman–Crippen LogP) is 3.35. The summed E-state index contributed by atoms with van der Waals surface area (Å²) in [5.74, 6) is 0.327. The number of hydrogen-bond donors (Lipinski definition) is 0. The van der Waals surface area contributed by atoms with Gasteiger partial charge in [0.15, 0.2) is 0 Å². The summed E-state index contributed by atoms with van der Waals surface area (Å²) < 4.78 is 0. The number of aryl methyl sites for hydroxylation is 2. The molecule has 0 aromatic carbocycles. The number of thiophene rings is 1. The highest BCUT2D eigenvalue weighted by molar-refractivity contribution is 7.14. The Morgan fingerprint density at radius 3 is 2.25 bits per heavy atom. The Kier molecular flexibility index (Phi) is 5.00. The molecular weight excluding hydrogens is 320 g/mol. The lowest BCUT2D eigenvalue weighted by molar-refractivity contribution is -0.140. The highest BCUT2D eigenvalue weighted by Gasteiger charge is 2.31. The van der Waals surface area contributed by atoms with Gasteiger partial charge < -0.3 is 9.80 Å². The average molecular weight is 349 g/mol. The highest BCUT2D eigenvalue weighted by Crippen LogP contribution is 2.30. The van der Waals surface area contributed by atoms with Crippen molar-refractivity contribution in [3.05, 3.63) is 21.4 Å². The number of hydrogen-bond acceptors (Lipinski definition) is 3. The van der Waals surface area contributed by atoms with Crippen LogP contribution in [0.1, 0.15) is 60.1 Å². The SMILES string of the molecule is CC(C)(C)C(=O)N1CCN(C(=O)c2cc3c(s2)CCCCC3)CC1. The topological polar surface area (TPSA) is 40.6 Å². The van der Waals surface area contributed by atoms with E-state index in [1.807, 2.05) is 30.6 Å². The van der Waals surface area contributed by atoms with Crippen LogP contribution in [-0.2, 0) is 17.6 Å². The molecule has 0 spiro atoms. The standard InChI is InChI=1S/C19H28N2O2S/c1-19(2,3)18(23)21-11-9-20(10-12-21)17(22)16-13-14-7-5-4-6-8-15(14)24-16/h13H,4-12H2,1-3H3. The van der Waals surface area contributed by atoms with E-state index in [9.17, 15) is 9.59 Å². The van der Waals surface area contributed by atoms with E-state index < -0.39 is 0 Å². The van der Waals surface area contributed by atoms with Gasteiger partial charge in [0.05, 0.1) is 4.88 Å². The third-order valence-electron chi connectivity index (χ3n) is 4.95. The lowest BCUT2D eigenvalue weighted by atomic mass is 9.94. The zero-order valence-electron chi connectivity index (χ0n) is 15.1. The molecule has 2 heterocycles. The van der Waals surface area contributed by atoms with E-state index in [4.69, 9.17) is 0 Å². The minimum atomic E-state index is -0.350. The van der Waals surface area contributed by atoms with Gasteiger partial charge in [-0.25, -0.2) is 0 Å². The lowest BCUT2D eigenvalue weighted by Crippen LogP contribution is -2.52. The Bertz CT molecular complexity index is 598. The van der Waals surface area contributed by atoms with Crippen molar-refractivity contribution in [3.63, 3.8) is 0 Å². The molecule has 1 aliphatic heterocycles. The van der Waals surface area contributed by atoms with Crippen LogP contribution in [0.25, 0.3) is 0 Å². The number of fused-ring (bicyclic) bond motifs is 1. The number of carbonyl (C=O) groups is 2. The molecule has 1 fully saturated rings. The molecule has 1 saturated heterocycles. The van der Waals surface area contributed by atoms with Gasteiger partial charge in [-0.05, 0) is 37.3 Å². The smallest absolute Gasteiger partial charge is 0.264 e. The molecule has 0 radical (unpaired) electrons. The van der Waals surface area contributed by atoms with E-state index in [0.717, 1.165) is 17.7 Å². The fourth-order valence-electron chi connectivity index (χ4n) is 3.52. The molecule has 1 aromatic heterocycles. The second-order valence-corrected chi connectivity index (χ2v) is 9.09. The van der Waals surface area contributed by atoms with Crippen LogP contribution in [0.2, 0.25) is 0 Å². The van der Waals surface area contributed by atoms with E-state index in [-0.39, 0.29) is 17.2 Å². The molecular formula is C19H28N2O2S. The second kappa shape index (κ2) is 6.87. The molecule has 0 N–H and O–H groups in total. The molecule has 0 bridgehead atoms. The molecule has 2 aliphatic rings. The first kappa shape index (κ1) is 17.5. The summed E-state index contributed by atoms with van der Waals surface area (Å²) in [7, 11) is 0. The van der Waals surface area contributed by atoms with Crippen LogP contribution in [0, 0.1) is 5.41 Å². The van der Waals surface area contributed by atoms with Crippen molar-refractivity contribution in [3.8, 4) is 0 Å². The van der Waals surface area contributed by atoms with Crippen molar-refractivity contribution >= 4 is 23.2 Å². The average Bonchev–Trinajstić information content (AvgIpc) is 2.83. The Morgan fingerprint density at radius 2 is 1.58 bits per heavy atom. The van der Waals surface area contributed by atoms with E-state index in [2.05, 4.69) is 6.07 Å². The van der Waals surface area contributed by atoms with Gasteiger partial charge in [0, 0.05) is 36.5 Å². The molecule has 24 heavy (non-hydrogen) atoms. The van der Waals surface area contributed by atoms with Crippen LogP contribution < -0.4 is 0 Å². The minimum absolute atomic E-state index is 0.149. The maximum atomic E-state index is 12.8. The summed E-state index contributed by atoms with van der Waals surface area (Å²) in [6, 6.07) is 2.13. The Morgan fingerprint density at radius 1 is 0.958 bits per heavy atom. The van der Waals surface area contributed by atoms with Gasteiger partial charge in [-0.1, -0.05) is 27.2 Å². The molecule has 1 aliphatic carbocycles. The van der Waals surface area contributed by atoms with Crippen LogP contribution in [0.4, 0.5) is 0 Å². The molecule has 0 atom stereocenters. The van der Waals surface area contributed by atoms with Crippen molar-refractivity contribution in [2.45, 2.75) is 52.9 Å². The van der Waals surface area contributed by atoms with Crippen molar-refractivity contribution < 1.29 is 9.59 Å². The van der Waals surface area contributed by atoms with Crippen LogP contribution in [0.3, 0.4) is 0 Å². The largest absolute Gasteiger partial charge is 0.339 e. The van der Waals surface area contributed by atoms with Gasteiger partial charge in [0.1, 0.15) is 0 Å². The Labute approximate surface area is 148 Å². The summed E-state index contributed by atoms with van der Waals surface area (Å²) in [6.45, 7) is 8.43. The number of piperazine rings is 1. The number of carbonyl (C=O) groups excluding carboxylic acids is 2. The Hall–Kier alpha value is -1.36. The first-order chi connectivity index (χ1) is 11.4. The quantitative estimate of drug-likeness (QED) is 0.730. The molecule has 5 heteroatoms. The summed E-state index contributed by atoms with van der Waals surface area (Å²) in [5, 5.41) is 0. The highest BCUT2D eigenvalue weighted by atomic mass is 32.1. The zero-order valence-corrected chi connectivity index (χ0v) is 15.9. The van der Waals surface area contributed by atoms with E-state index in [1.165, 1.54) is 29.7 Å². The Balaban J connectivity index is 1.62. The van der Waals surface area contributed by atoms with Gasteiger partial charge in [0.2, 0.25) is 5.91 Å². The van der Waals surface area contributed by atoms with E-state index in [0.29, 0.717) is 26.2 Å². The van der Waals surface area contributed by atoms with Gasteiger partial charge >= 0.3 is 0 Å².